The van der Waals surface area contributed by atoms with Crippen LogP contribution in [0.2, 0.25) is 0 Å². The topological polar surface area (TPSA) is 81.4 Å². The molecule has 0 atom stereocenters. The van der Waals surface area contributed by atoms with E-state index in [1.54, 1.807) is 55.6 Å². The van der Waals surface area contributed by atoms with Crippen LogP contribution in [0.5, 0.6) is 5.75 Å². The van der Waals surface area contributed by atoms with Gasteiger partial charge in [-0.1, -0.05) is 24.3 Å². The van der Waals surface area contributed by atoms with Gasteiger partial charge in [-0.25, -0.2) is 0 Å². The average Bonchev–Trinajstić information content (AvgIpc) is 2.55. The molecule has 0 fully saturated rings. The lowest BCUT2D eigenvalue weighted by Gasteiger charge is -2.08. The predicted molar refractivity (Wildman–Crippen MR) is 91.8 cm³/mol. The lowest BCUT2D eigenvalue weighted by atomic mass is 10.1. The van der Waals surface area contributed by atoms with E-state index in [1.165, 1.54) is 6.08 Å². The van der Waals surface area contributed by atoms with Crippen molar-refractivity contribution in [1.82, 2.24) is 5.32 Å². The van der Waals surface area contributed by atoms with E-state index in [9.17, 15) is 9.59 Å². The van der Waals surface area contributed by atoms with Crippen molar-refractivity contribution in [2.24, 2.45) is 5.73 Å². The first-order chi connectivity index (χ1) is 11.0. The standard InChI is InChI=1S/C17H15BrN2O3/c1-23-12-8-6-11(7-9-12)10-15(16(19)21)20-17(22)13-4-2-3-5-14(13)18/h2-10H,1H3,(H2,19,21)(H,20,22). The number of hydrogen-bond acceptors (Lipinski definition) is 3. The number of methoxy groups -OCH3 is 1. The Morgan fingerprint density at radius 1 is 1.13 bits per heavy atom. The van der Waals surface area contributed by atoms with Crippen LogP contribution >= 0.6 is 15.9 Å². The van der Waals surface area contributed by atoms with E-state index in [4.69, 9.17) is 10.5 Å². The fourth-order valence-corrected chi connectivity index (χ4v) is 2.34. The van der Waals surface area contributed by atoms with Crippen molar-refractivity contribution in [3.05, 3.63) is 69.8 Å². The van der Waals surface area contributed by atoms with Crippen LogP contribution in [-0.4, -0.2) is 18.9 Å². The number of nitrogens with two attached hydrogens (primary N) is 1. The molecule has 2 aromatic rings. The van der Waals surface area contributed by atoms with Gasteiger partial charge < -0.3 is 15.8 Å². The number of carbonyl (C=O) groups excluding carboxylic acids is 2. The molecule has 0 spiro atoms. The van der Waals surface area contributed by atoms with Crippen LogP contribution in [-0.2, 0) is 4.79 Å². The summed E-state index contributed by atoms with van der Waals surface area (Å²) in [6, 6.07) is 13.9. The van der Waals surface area contributed by atoms with Gasteiger partial charge in [0, 0.05) is 4.47 Å². The molecule has 2 aromatic carbocycles. The molecule has 2 amide bonds. The maximum Gasteiger partial charge on any atom is 0.265 e. The molecule has 0 aromatic heterocycles. The number of benzene rings is 2. The predicted octanol–water partition coefficient (Wildman–Crippen LogP) is 2.71. The molecule has 2 rings (SSSR count). The SMILES string of the molecule is COc1ccc(C=C(NC(=O)c2ccccc2Br)C(N)=O)cc1. The summed E-state index contributed by atoms with van der Waals surface area (Å²) < 4.78 is 5.70. The number of nitrogens with one attached hydrogen (secondary N) is 1. The van der Waals surface area contributed by atoms with Crippen molar-refractivity contribution < 1.29 is 14.3 Å². The normalized spacial score (nSPS) is 11.0. The monoisotopic (exact) mass is 374 g/mol. The molecule has 0 aliphatic heterocycles. The molecule has 0 aliphatic rings. The number of rotatable bonds is 5. The molecule has 0 unspecified atom stereocenters. The van der Waals surface area contributed by atoms with Crippen LogP contribution in [0.25, 0.3) is 6.08 Å². The maximum absolute atomic E-state index is 12.3. The highest BCUT2D eigenvalue weighted by molar-refractivity contribution is 9.10. The summed E-state index contributed by atoms with van der Waals surface area (Å²) in [4.78, 5) is 23.8. The zero-order valence-corrected chi connectivity index (χ0v) is 14.0. The molecule has 5 nitrogen and oxygen atoms in total. The van der Waals surface area contributed by atoms with E-state index in [0.717, 1.165) is 0 Å². The first kappa shape index (κ1) is 16.8. The van der Waals surface area contributed by atoms with Gasteiger partial charge in [-0.3, -0.25) is 9.59 Å². The number of primary amides is 1. The van der Waals surface area contributed by atoms with E-state index in [1.807, 2.05) is 0 Å². The molecule has 0 heterocycles. The fraction of sp³-hybridized carbons (Fsp3) is 0.0588. The third-order valence-electron chi connectivity index (χ3n) is 3.06. The smallest absolute Gasteiger partial charge is 0.265 e. The molecule has 0 aliphatic carbocycles. The Balaban J connectivity index is 2.24. The molecule has 3 N–H and O–H groups in total. The lowest BCUT2D eigenvalue weighted by molar-refractivity contribution is -0.114. The first-order valence-corrected chi connectivity index (χ1v) is 7.52. The first-order valence-electron chi connectivity index (χ1n) is 6.72. The number of carbonyl (C=O) groups is 2. The number of hydrogen-bond donors (Lipinski definition) is 2. The van der Waals surface area contributed by atoms with Gasteiger partial charge in [0.05, 0.1) is 12.7 Å². The van der Waals surface area contributed by atoms with Gasteiger partial charge >= 0.3 is 0 Å². The minimum absolute atomic E-state index is 0.0101. The van der Waals surface area contributed by atoms with E-state index in [-0.39, 0.29) is 5.70 Å². The van der Waals surface area contributed by atoms with E-state index in [2.05, 4.69) is 21.2 Å². The average molecular weight is 375 g/mol. The van der Waals surface area contributed by atoms with Crippen LogP contribution in [0.3, 0.4) is 0 Å². The zero-order chi connectivity index (χ0) is 16.8. The number of halogens is 1. The van der Waals surface area contributed by atoms with Gasteiger partial charge in [0.2, 0.25) is 0 Å². The van der Waals surface area contributed by atoms with Gasteiger partial charge in [-0.2, -0.15) is 0 Å². The van der Waals surface area contributed by atoms with Gasteiger partial charge in [0.15, 0.2) is 0 Å². The quantitative estimate of drug-likeness (QED) is 0.789. The molecule has 0 bridgehead atoms. The van der Waals surface area contributed by atoms with Crippen LogP contribution in [0.4, 0.5) is 0 Å². The molecule has 0 radical (unpaired) electrons. The second-order valence-corrected chi connectivity index (χ2v) is 5.48. The van der Waals surface area contributed by atoms with Gasteiger partial charge in [0.1, 0.15) is 11.4 Å². The zero-order valence-electron chi connectivity index (χ0n) is 12.4. The highest BCUT2D eigenvalue weighted by atomic mass is 79.9. The minimum Gasteiger partial charge on any atom is -0.497 e. The van der Waals surface area contributed by atoms with Crippen molar-refractivity contribution in [1.29, 1.82) is 0 Å². The highest BCUT2D eigenvalue weighted by Crippen LogP contribution is 2.17. The van der Waals surface area contributed by atoms with E-state index < -0.39 is 11.8 Å². The Morgan fingerprint density at radius 2 is 1.78 bits per heavy atom. The summed E-state index contributed by atoms with van der Waals surface area (Å²) in [7, 11) is 1.57. The van der Waals surface area contributed by atoms with Crippen molar-refractivity contribution in [3.63, 3.8) is 0 Å². The fourth-order valence-electron chi connectivity index (χ4n) is 1.87. The Morgan fingerprint density at radius 3 is 2.35 bits per heavy atom. The van der Waals surface area contributed by atoms with Gasteiger partial charge in [0.25, 0.3) is 11.8 Å². The molecule has 23 heavy (non-hydrogen) atoms. The molecule has 6 heteroatoms. The van der Waals surface area contributed by atoms with E-state index in [0.29, 0.717) is 21.3 Å². The lowest BCUT2D eigenvalue weighted by Crippen LogP contribution is -2.31. The Kier molecular flexibility index (Phi) is 5.54. The second-order valence-electron chi connectivity index (χ2n) is 4.63. The third-order valence-corrected chi connectivity index (χ3v) is 3.75. The molecule has 0 saturated carbocycles. The van der Waals surface area contributed by atoms with Crippen molar-refractivity contribution in [3.8, 4) is 5.75 Å². The van der Waals surface area contributed by atoms with Crippen LogP contribution in [0.1, 0.15) is 15.9 Å². The molecule has 0 saturated heterocycles. The molecular weight excluding hydrogens is 360 g/mol. The van der Waals surface area contributed by atoms with Crippen LogP contribution in [0, 0.1) is 0 Å². The van der Waals surface area contributed by atoms with Crippen molar-refractivity contribution in [2.75, 3.05) is 7.11 Å². The summed E-state index contributed by atoms with van der Waals surface area (Å²) in [6.45, 7) is 0. The van der Waals surface area contributed by atoms with Gasteiger partial charge in [-0.15, -0.1) is 0 Å². The highest BCUT2D eigenvalue weighted by Gasteiger charge is 2.14. The Labute approximate surface area is 142 Å². The summed E-state index contributed by atoms with van der Waals surface area (Å²) >= 11 is 3.30. The van der Waals surface area contributed by atoms with Gasteiger partial charge in [-0.05, 0) is 51.8 Å². The summed E-state index contributed by atoms with van der Waals surface area (Å²) in [5, 5.41) is 2.54. The third kappa shape index (κ3) is 4.43. The summed E-state index contributed by atoms with van der Waals surface area (Å²) in [5.74, 6) is -0.447. The minimum atomic E-state index is -0.721. The largest absolute Gasteiger partial charge is 0.497 e. The van der Waals surface area contributed by atoms with Crippen molar-refractivity contribution in [2.45, 2.75) is 0 Å². The number of amides is 2. The maximum atomic E-state index is 12.3. The Bertz CT molecular complexity index is 755. The second kappa shape index (κ2) is 7.60. The molecule has 118 valence electrons. The molecular formula is C17H15BrN2O3. The summed E-state index contributed by atoms with van der Waals surface area (Å²) in [5.41, 5.74) is 6.48. The van der Waals surface area contributed by atoms with Crippen LogP contribution < -0.4 is 15.8 Å². The van der Waals surface area contributed by atoms with Crippen LogP contribution in [0.15, 0.2) is 58.7 Å². The summed E-state index contributed by atoms with van der Waals surface area (Å²) in [6.07, 6.45) is 1.51. The van der Waals surface area contributed by atoms with Crippen molar-refractivity contribution >= 4 is 33.8 Å². The Hall–Kier alpha value is -2.60. The van der Waals surface area contributed by atoms with E-state index >= 15 is 0 Å². The number of ether oxygens (including phenoxy) is 1.